The summed E-state index contributed by atoms with van der Waals surface area (Å²) in [5.74, 6) is 0.483. The van der Waals surface area contributed by atoms with Gasteiger partial charge in [0.05, 0.1) is 13.2 Å². The lowest BCUT2D eigenvalue weighted by molar-refractivity contribution is -0.0813. The van der Waals surface area contributed by atoms with E-state index in [0.717, 1.165) is 0 Å². The lowest BCUT2D eigenvalue weighted by Crippen LogP contribution is -2.38. The molecule has 0 saturated carbocycles. The van der Waals surface area contributed by atoms with Crippen molar-refractivity contribution in [3.63, 3.8) is 0 Å². The molecule has 5 nitrogen and oxygen atoms in total. The molecule has 0 radical (unpaired) electrons. The molecule has 0 amide bonds. The smallest absolute Gasteiger partial charge is 0.217 e. The molecule has 1 saturated heterocycles. The largest absolute Gasteiger partial charge is 0.469 e. The third-order valence-electron chi connectivity index (χ3n) is 1.79. The molecule has 2 rings (SSSR count). The van der Waals surface area contributed by atoms with Crippen molar-refractivity contribution in [2.75, 3.05) is 13.2 Å². The van der Waals surface area contributed by atoms with Gasteiger partial charge in [-0.25, -0.2) is 9.97 Å². The summed E-state index contributed by atoms with van der Waals surface area (Å²) in [6, 6.07) is 1.63. The van der Waals surface area contributed by atoms with Crippen LogP contribution in [0.1, 0.15) is 5.69 Å². The van der Waals surface area contributed by atoms with Crippen LogP contribution in [0.5, 0.6) is 5.88 Å². The number of ether oxygens (including phenoxy) is 2. The number of nitrogens with zero attached hydrogens (tertiary/aromatic N) is 2. The Morgan fingerprint density at radius 1 is 1.57 bits per heavy atom. The second-order valence-corrected chi connectivity index (χ2v) is 3.32. The lowest BCUT2D eigenvalue weighted by atomic mass is 10.3. The van der Waals surface area contributed by atoms with Gasteiger partial charge in [-0.1, -0.05) is 12.2 Å². The van der Waals surface area contributed by atoms with Crippen LogP contribution in [0, 0.1) is 0 Å². The maximum Gasteiger partial charge on any atom is 0.217 e. The Morgan fingerprint density at radius 3 is 2.93 bits per heavy atom. The standard InChI is InChI=1S/C8H9N3O2S/c9-8(14)6-1-7(11-4-10-6)13-5-2-12-3-5/h1,4-5H,2-3H2,(H2,9,14). The van der Waals surface area contributed by atoms with Crippen molar-refractivity contribution in [1.29, 1.82) is 0 Å². The highest BCUT2D eigenvalue weighted by atomic mass is 32.1. The zero-order valence-corrected chi connectivity index (χ0v) is 8.16. The van der Waals surface area contributed by atoms with Crippen molar-refractivity contribution < 1.29 is 9.47 Å². The molecule has 0 atom stereocenters. The van der Waals surface area contributed by atoms with Crippen molar-refractivity contribution >= 4 is 17.2 Å². The first-order valence-electron chi connectivity index (χ1n) is 4.12. The quantitative estimate of drug-likeness (QED) is 0.703. The molecule has 1 aromatic heterocycles. The van der Waals surface area contributed by atoms with E-state index in [1.54, 1.807) is 6.07 Å². The monoisotopic (exact) mass is 211 g/mol. The maximum absolute atomic E-state index is 5.45. The molecule has 2 heterocycles. The fourth-order valence-electron chi connectivity index (χ4n) is 0.992. The number of aromatic nitrogens is 2. The van der Waals surface area contributed by atoms with Crippen molar-refractivity contribution in [1.82, 2.24) is 9.97 Å². The summed E-state index contributed by atoms with van der Waals surface area (Å²) < 4.78 is 10.4. The fraction of sp³-hybridized carbons (Fsp3) is 0.375. The minimum absolute atomic E-state index is 0.0871. The van der Waals surface area contributed by atoms with Crippen LogP contribution in [0.3, 0.4) is 0 Å². The Balaban J connectivity index is 2.09. The van der Waals surface area contributed by atoms with Gasteiger partial charge in [-0.05, 0) is 0 Å². The second-order valence-electron chi connectivity index (χ2n) is 2.88. The zero-order valence-electron chi connectivity index (χ0n) is 7.34. The first kappa shape index (κ1) is 9.29. The topological polar surface area (TPSA) is 70.3 Å². The molecule has 0 unspecified atom stereocenters. The van der Waals surface area contributed by atoms with Gasteiger partial charge in [-0.2, -0.15) is 0 Å². The van der Waals surface area contributed by atoms with E-state index in [1.165, 1.54) is 6.33 Å². The highest BCUT2D eigenvalue weighted by molar-refractivity contribution is 7.80. The van der Waals surface area contributed by atoms with Crippen molar-refractivity contribution in [2.24, 2.45) is 5.73 Å². The van der Waals surface area contributed by atoms with Gasteiger partial charge in [0.25, 0.3) is 0 Å². The molecule has 0 aromatic carbocycles. The SMILES string of the molecule is NC(=S)c1cc(OC2COC2)ncn1. The molecule has 14 heavy (non-hydrogen) atoms. The van der Waals surface area contributed by atoms with Crippen LogP contribution in [-0.4, -0.2) is 34.3 Å². The van der Waals surface area contributed by atoms with Crippen molar-refractivity contribution in [3.8, 4) is 5.88 Å². The molecule has 0 bridgehead atoms. The van der Waals surface area contributed by atoms with E-state index in [4.69, 9.17) is 27.4 Å². The lowest BCUT2D eigenvalue weighted by Gasteiger charge is -2.25. The summed E-state index contributed by atoms with van der Waals surface area (Å²) in [5.41, 5.74) is 5.94. The molecule has 6 heteroatoms. The summed E-state index contributed by atoms with van der Waals surface area (Å²) in [4.78, 5) is 8.08. The second kappa shape index (κ2) is 3.85. The molecule has 1 fully saturated rings. The van der Waals surface area contributed by atoms with Crippen LogP contribution in [-0.2, 0) is 4.74 Å². The number of hydrogen-bond donors (Lipinski definition) is 1. The van der Waals surface area contributed by atoms with Crippen molar-refractivity contribution in [3.05, 3.63) is 18.1 Å². The Labute approximate surface area is 86.3 Å². The van der Waals surface area contributed by atoms with Gasteiger partial charge in [-0.15, -0.1) is 0 Å². The zero-order chi connectivity index (χ0) is 9.97. The fourth-order valence-corrected chi connectivity index (χ4v) is 1.10. The first-order valence-corrected chi connectivity index (χ1v) is 4.53. The predicted octanol–water partition coefficient (Wildman–Crippen LogP) is -0.112. The molecular formula is C8H9N3O2S. The highest BCUT2D eigenvalue weighted by Gasteiger charge is 2.20. The average molecular weight is 211 g/mol. The first-order chi connectivity index (χ1) is 6.75. The maximum atomic E-state index is 5.45. The Hall–Kier alpha value is -1.27. The summed E-state index contributed by atoms with van der Waals surface area (Å²) in [7, 11) is 0. The van der Waals surface area contributed by atoms with E-state index in [1.807, 2.05) is 0 Å². The van der Waals surface area contributed by atoms with Gasteiger partial charge in [0.2, 0.25) is 5.88 Å². The highest BCUT2D eigenvalue weighted by Crippen LogP contribution is 2.13. The Morgan fingerprint density at radius 2 is 2.36 bits per heavy atom. The minimum Gasteiger partial charge on any atom is -0.469 e. The average Bonchev–Trinajstić information content (AvgIpc) is 2.12. The Kier molecular flexibility index (Phi) is 2.55. The minimum atomic E-state index is 0.0871. The van der Waals surface area contributed by atoms with E-state index < -0.39 is 0 Å². The van der Waals surface area contributed by atoms with E-state index in [0.29, 0.717) is 24.8 Å². The van der Waals surface area contributed by atoms with Crippen LogP contribution in [0.4, 0.5) is 0 Å². The van der Waals surface area contributed by atoms with Crippen LogP contribution >= 0.6 is 12.2 Å². The van der Waals surface area contributed by atoms with Gasteiger partial charge < -0.3 is 15.2 Å². The van der Waals surface area contributed by atoms with E-state index in [-0.39, 0.29) is 11.1 Å². The summed E-state index contributed by atoms with van der Waals surface area (Å²) in [6.07, 6.45) is 1.47. The molecule has 0 spiro atoms. The molecular weight excluding hydrogens is 202 g/mol. The summed E-state index contributed by atoms with van der Waals surface area (Å²) in [6.45, 7) is 1.21. The molecule has 1 aliphatic rings. The van der Waals surface area contributed by atoms with E-state index >= 15 is 0 Å². The van der Waals surface area contributed by atoms with Gasteiger partial charge in [0.15, 0.2) is 0 Å². The summed E-state index contributed by atoms with van der Waals surface area (Å²) in [5, 5.41) is 0. The van der Waals surface area contributed by atoms with Gasteiger partial charge >= 0.3 is 0 Å². The molecule has 2 N–H and O–H groups in total. The van der Waals surface area contributed by atoms with Gasteiger partial charge in [0.1, 0.15) is 23.1 Å². The third kappa shape index (κ3) is 1.97. The van der Waals surface area contributed by atoms with Gasteiger partial charge in [0, 0.05) is 6.07 Å². The number of nitrogens with two attached hydrogens (primary N) is 1. The molecule has 1 aliphatic heterocycles. The third-order valence-corrected chi connectivity index (χ3v) is 2.00. The predicted molar refractivity (Wildman–Crippen MR) is 53.2 cm³/mol. The number of rotatable bonds is 3. The van der Waals surface area contributed by atoms with Crippen LogP contribution in [0.2, 0.25) is 0 Å². The van der Waals surface area contributed by atoms with Crippen LogP contribution in [0.25, 0.3) is 0 Å². The molecule has 1 aromatic rings. The number of hydrogen-bond acceptors (Lipinski definition) is 5. The normalized spacial score (nSPS) is 16.0. The van der Waals surface area contributed by atoms with Crippen LogP contribution < -0.4 is 10.5 Å². The number of thiocarbonyl (C=S) groups is 1. The van der Waals surface area contributed by atoms with Crippen LogP contribution in [0.15, 0.2) is 12.4 Å². The molecule has 74 valence electrons. The van der Waals surface area contributed by atoms with Gasteiger partial charge in [-0.3, -0.25) is 0 Å². The van der Waals surface area contributed by atoms with E-state index in [2.05, 4.69) is 9.97 Å². The Bertz CT molecular complexity index is 354. The van der Waals surface area contributed by atoms with E-state index in [9.17, 15) is 0 Å². The summed E-state index contributed by atoms with van der Waals surface area (Å²) >= 11 is 4.78. The van der Waals surface area contributed by atoms with Crippen molar-refractivity contribution in [2.45, 2.75) is 6.10 Å². The molecule has 0 aliphatic carbocycles.